The van der Waals surface area contributed by atoms with Crippen molar-refractivity contribution in [1.29, 1.82) is 0 Å². The number of hydrogen-bond donors (Lipinski definition) is 1. The van der Waals surface area contributed by atoms with E-state index in [1.165, 1.54) is 14.2 Å². The number of ether oxygens (including phenoxy) is 2. The second-order valence-corrected chi connectivity index (χ2v) is 4.78. The molecule has 0 aliphatic rings. The zero-order valence-electron chi connectivity index (χ0n) is 12.9. The van der Waals surface area contributed by atoms with Crippen LogP contribution in [-0.4, -0.2) is 24.3 Å². The third kappa shape index (κ3) is 3.21. The lowest BCUT2D eigenvalue weighted by Crippen LogP contribution is -2.10. The molecule has 0 saturated carbocycles. The van der Waals surface area contributed by atoms with Crippen LogP contribution < -0.4 is 15.1 Å². The summed E-state index contributed by atoms with van der Waals surface area (Å²) in [6.07, 6.45) is 2.15. The summed E-state index contributed by atoms with van der Waals surface area (Å²) >= 11 is 0. The van der Waals surface area contributed by atoms with E-state index in [2.05, 4.69) is 4.98 Å². The number of nitrogens with zero attached hydrogens (tertiary/aromatic N) is 1. The molecular weight excluding hydrogens is 286 g/mol. The topological polar surface area (TPSA) is 81.8 Å². The fraction of sp³-hybridized carbons (Fsp3) is 0.375. The Kier molecular flexibility index (Phi) is 5.04. The molecular formula is C16H19NO5. The summed E-state index contributed by atoms with van der Waals surface area (Å²) in [6.45, 7) is 2.00. The normalized spacial score (nSPS) is 10.5. The molecule has 22 heavy (non-hydrogen) atoms. The van der Waals surface area contributed by atoms with Gasteiger partial charge in [-0.15, -0.1) is 0 Å². The van der Waals surface area contributed by atoms with E-state index in [-0.39, 0.29) is 17.3 Å². The van der Waals surface area contributed by atoms with E-state index in [9.17, 15) is 9.90 Å². The summed E-state index contributed by atoms with van der Waals surface area (Å²) in [7, 11) is 3.04. The maximum absolute atomic E-state index is 12.0. The van der Waals surface area contributed by atoms with Gasteiger partial charge >= 0.3 is 5.63 Å². The van der Waals surface area contributed by atoms with Crippen molar-refractivity contribution in [3.63, 3.8) is 0 Å². The molecule has 6 nitrogen and oxygen atoms in total. The van der Waals surface area contributed by atoms with Crippen LogP contribution >= 0.6 is 0 Å². The summed E-state index contributed by atoms with van der Waals surface area (Å²) < 4.78 is 15.6. The van der Waals surface area contributed by atoms with Crippen molar-refractivity contribution in [2.75, 3.05) is 14.2 Å². The first kappa shape index (κ1) is 15.9. The van der Waals surface area contributed by atoms with Crippen molar-refractivity contribution >= 4 is 0 Å². The van der Waals surface area contributed by atoms with Gasteiger partial charge < -0.3 is 19.0 Å². The highest BCUT2D eigenvalue weighted by molar-refractivity contribution is 5.60. The van der Waals surface area contributed by atoms with Crippen LogP contribution in [0.5, 0.6) is 17.4 Å². The van der Waals surface area contributed by atoms with Gasteiger partial charge in [0.05, 0.1) is 19.8 Å². The second kappa shape index (κ2) is 6.98. The minimum atomic E-state index is -0.564. The largest absolute Gasteiger partial charge is 0.493 e. The first-order valence-corrected chi connectivity index (χ1v) is 7.06. The second-order valence-electron chi connectivity index (χ2n) is 4.78. The van der Waals surface area contributed by atoms with Crippen LogP contribution in [0.4, 0.5) is 0 Å². The summed E-state index contributed by atoms with van der Waals surface area (Å²) in [6, 6.07) is 4.99. The molecule has 0 aliphatic heterocycles. The number of benzene rings is 1. The Balaban J connectivity index is 2.43. The lowest BCUT2D eigenvalue weighted by Gasteiger charge is -2.09. The van der Waals surface area contributed by atoms with Crippen LogP contribution in [0.3, 0.4) is 0 Å². The van der Waals surface area contributed by atoms with Gasteiger partial charge in [-0.25, -0.2) is 4.79 Å². The van der Waals surface area contributed by atoms with Crippen molar-refractivity contribution in [1.82, 2.24) is 4.98 Å². The molecule has 0 spiro atoms. The molecule has 0 saturated heterocycles. The SMILES string of the molecule is CCCCc1c(O)nc(-c2ccc(OC)c(OC)c2)oc1=O. The van der Waals surface area contributed by atoms with Gasteiger partial charge in [0.25, 0.3) is 0 Å². The van der Waals surface area contributed by atoms with Crippen LogP contribution in [0.1, 0.15) is 25.3 Å². The number of rotatable bonds is 6. The predicted octanol–water partition coefficient (Wildman–Crippen LogP) is 2.77. The van der Waals surface area contributed by atoms with E-state index in [4.69, 9.17) is 13.9 Å². The zero-order valence-corrected chi connectivity index (χ0v) is 12.9. The summed E-state index contributed by atoms with van der Waals surface area (Å²) in [4.78, 5) is 16.0. The van der Waals surface area contributed by atoms with Crippen LogP contribution in [0, 0.1) is 0 Å². The van der Waals surface area contributed by atoms with Gasteiger partial charge in [0, 0.05) is 5.56 Å². The molecule has 0 unspecified atom stereocenters. The number of methoxy groups -OCH3 is 2. The number of unbranched alkanes of at least 4 members (excludes halogenated alkanes) is 1. The van der Waals surface area contributed by atoms with Crippen molar-refractivity contribution in [2.24, 2.45) is 0 Å². The molecule has 0 radical (unpaired) electrons. The van der Waals surface area contributed by atoms with E-state index in [0.717, 1.165) is 12.8 Å². The van der Waals surface area contributed by atoms with Gasteiger partial charge in [0.2, 0.25) is 11.8 Å². The van der Waals surface area contributed by atoms with E-state index < -0.39 is 5.63 Å². The van der Waals surface area contributed by atoms with E-state index in [1.54, 1.807) is 18.2 Å². The molecule has 0 bridgehead atoms. The maximum atomic E-state index is 12.0. The van der Waals surface area contributed by atoms with Gasteiger partial charge in [0.1, 0.15) is 0 Å². The van der Waals surface area contributed by atoms with Crippen molar-refractivity contribution in [3.05, 3.63) is 34.2 Å². The molecule has 118 valence electrons. The number of hydrogen-bond acceptors (Lipinski definition) is 6. The van der Waals surface area contributed by atoms with Crippen molar-refractivity contribution < 1.29 is 19.0 Å². The summed E-state index contributed by atoms with van der Waals surface area (Å²) in [5, 5.41) is 9.96. The van der Waals surface area contributed by atoms with Crippen LogP contribution in [-0.2, 0) is 6.42 Å². The van der Waals surface area contributed by atoms with Gasteiger partial charge in [-0.1, -0.05) is 13.3 Å². The van der Waals surface area contributed by atoms with Crippen molar-refractivity contribution in [2.45, 2.75) is 26.2 Å². The third-order valence-electron chi connectivity index (χ3n) is 3.32. The molecule has 2 aromatic rings. The highest BCUT2D eigenvalue weighted by Crippen LogP contribution is 2.32. The third-order valence-corrected chi connectivity index (χ3v) is 3.32. The Morgan fingerprint density at radius 3 is 2.55 bits per heavy atom. The summed E-state index contributed by atoms with van der Waals surface area (Å²) in [5.41, 5.74) is 0.170. The van der Waals surface area contributed by atoms with Crippen LogP contribution in [0.15, 0.2) is 27.4 Å². The minimum Gasteiger partial charge on any atom is -0.493 e. The van der Waals surface area contributed by atoms with E-state index in [0.29, 0.717) is 23.5 Å². The lowest BCUT2D eigenvalue weighted by atomic mass is 10.1. The molecule has 1 aromatic heterocycles. The van der Waals surface area contributed by atoms with Gasteiger partial charge in [-0.05, 0) is 31.0 Å². The molecule has 1 heterocycles. The standard InChI is InChI=1S/C16H19NO5/c1-4-5-6-11-14(18)17-15(22-16(11)19)10-7-8-12(20-2)13(9-10)21-3/h7-9,18H,4-6H2,1-3H3. The molecule has 6 heteroatoms. The Morgan fingerprint density at radius 2 is 1.95 bits per heavy atom. The van der Waals surface area contributed by atoms with Gasteiger partial charge in [-0.3, -0.25) is 0 Å². The van der Waals surface area contributed by atoms with Gasteiger partial charge in [-0.2, -0.15) is 4.98 Å². The highest BCUT2D eigenvalue weighted by atomic mass is 16.5. The zero-order chi connectivity index (χ0) is 16.1. The van der Waals surface area contributed by atoms with Gasteiger partial charge in [0.15, 0.2) is 11.5 Å². The first-order valence-electron chi connectivity index (χ1n) is 7.06. The fourth-order valence-electron chi connectivity index (χ4n) is 2.09. The summed E-state index contributed by atoms with van der Waals surface area (Å²) in [5.74, 6) is 0.801. The Labute approximate surface area is 128 Å². The Bertz CT molecular complexity index is 708. The highest BCUT2D eigenvalue weighted by Gasteiger charge is 2.15. The predicted molar refractivity (Wildman–Crippen MR) is 81.6 cm³/mol. The fourth-order valence-corrected chi connectivity index (χ4v) is 2.09. The van der Waals surface area contributed by atoms with Crippen LogP contribution in [0.2, 0.25) is 0 Å². The molecule has 0 atom stereocenters. The molecule has 0 aliphatic carbocycles. The van der Waals surface area contributed by atoms with Crippen LogP contribution in [0.25, 0.3) is 11.5 Å². The average molecular weight is 305 g/mol. The van der Waals surface area contributed by atoms with E-state index in [1.807, 2.05) is 6.92 Å². The molecule has 0 amide bonds. The Morgan fingerprint density at radius 1 is 1.23 bits per heavy atom. The first-order chi connectivity index (χ1) is 10.6. The monoisotopic (exact) mass is 305 g/mol. The lowest BCUT2D eigenvalue weighted by molar-refractivity contribution is 0.355. The Hall–Kier alpha value is -2.50. The number of aromatic nitrogens is 1. The average Bonchev–Trinajstić information content (AvgIpc) is 2.53. The molecule has 0 fully saturated rings. The molecule has 1 aromatic carbocycles. The number of aromatic hydroxyl groups is 1. The minimum absolute atomic E-state index is 0.0451. The maximum Gasteiger partial charge on any atom is 0.346 e. The molecule has 1 N–H and O–H groups in total. The molecule has 2 rings (SSSR count). The van der Waals surface area contributed by atoms with Crippen molar-refractivity contribution in [3.8, 4) is 28.8 Å². The quantitative estimate of drug-likeness (QED) is 0.883. The van der Waals surface area contributed by atoms with E-state index >= 15 is 0 Å². The smallest absolute Gasteiger partial charge is 0.346 e.